The van der Waals surface area contributed by atoms with Gasteiger partial charge in [0.25, 0.3) is 0 Å². The van der Waals surface area contributed by atoms with E-state index < -0.39 is 0 Å². The Hall–Kier alpha value is -2.35. The van der Waals surface area contributed by atoms with E-state index in [-0.39, 0.29) is 35.6 Å². The normalized spacial score (nSPS) is 32.9. The third-order valence-electron chi connectivity index (χ3n) is 7.27. The molecule has 2 aromatic rings. The first-order chi connectivity index (χ1) is 15.2. The Morgan fingerprint density at radius 3 is 2.77 bits per heavy atom. The second-order valence-corrected chi connectivity index (χ2v) is 9.10. The Morgan fingerprint density at radius 2 is 1.94 bits per heavy atom. The highest BCUT2D eigenvalue weighted by atomic mass is 19.1. The number of aromatic nitrogens is 1. The zero-order valence-electron chi connectivity index (χ0n) is 17.6. The number of hydrogen-bond donors (Lipinski definition) is 4. The topological polar surface area (TPSA) is 78.1 Å². The molecule has 31 heavy (non-hydrogen) atoms. The number of carbonyl (C=O) groups excluding carboxylic acids is 1. The number of nitrogens with zero attached hydrogens (tertiary/aromatic N) is 1. The molecule has 1 aliphatic carbocycles. The smallest absolute Gasteiger partial charge is 0.223 e. The summed E-state index contributed by atoms with van der Waals surface area (Å²) in [5.41, 5.74) is 9.05. The third kappa shape index (κ3) is 4.35. The molecule has 2 aliphatic heterocycles. The van der Waals surface area contributed by atoms with Gasteiger partial charge in [0.05, 0.1) is 6.04 Å². The van der Waals surface area contributed by atoms with Gasteiger partial charge < -0.3 is 10.6 Å². The van der Waals surface area contributed by atoms with Gasteiger partial charge in [-0.3, -0.25) is 15.2 Å². The van der Waals surface area contributed by atoms with Crippen molar-refractivity contribution in [2.45, 2.75) is 49.7 Å². The number of benzene rings is 1. The lowest BCUT2D eigenvalue weighted by Gasteiger charge is -2.36. The van der Waals surface area contributed by atoms with Crippen molar-refractivity contribution in [3.05, 3.63) is 65.7 Å². The summed E-state index contributed by atoms with van der Waals surface area (Å²) in [5, 5.41) is 6.71. The van der Waals surface area contributed by atoms with Crippen LogP contribution >= 0.6 is 0 Å². The van der Waals surface area contributed by atoms with Gasteiger partial charge in [-0.2, -0.15) is 0 Å². The Bertz CT molecular complexity index is 910. The van der Waals surface area contributed by atoms with Gasteiger partial charge in [-0.15, -0.1) is 0 Å². The molecule has 7 heteroatoms. The highest BCUT2D eigenvalue weighted by Crippen LogP contribution is 2.40. The average Bonchev–Trinajstić information content (AvgIpc) is 3.23. The molecule has 6 nitrogen and oxygen atoms in total. The molecule has 6 atom stereocenters. The second-order valence-electron chi connectivity index (χ2n) is 9.10. The predicted octanol–water partition coefficient (Wildman–Crippen LogP) is 2.42. The van der Waals surface area contributed by atoms with E-state index >= 15 is 0 Å². The van der Waals surface area contributed by atoms with Gasteiger partial charge in [0, 0.05) is 42.9 Å². The third-order valence-corrected chi connectivity index (χ3v) is 7.27. The Labute approximate surface area is 182 Å². The lowest BCUT2D eigenvalue weighted by Crippen LogP contribution is -2.52. The molecule has 3 aliphatic rings. The first kappa shape index (κ1) is 20.5. The fourth-order valence-corrected chi connectivity index (χ4v) is 5.64. The van der Waals surface area contributed by atoms with Crippen LogP contribution in [0.5, 0.6) is 0 Å². The first-order valence-corrected chi connectivity index (χ1v) is 11.4. The predicted molar refractivity (Wildman–Crippen MR) is 116 cm³/mol. The van der Waals surface area contributed by atoms with E-state index in [9.17, 15) is 9.18 Å². The summed E-state index contributed by atoms with van der Waals surface area (Å²) in [5.74, 6) is 0.422. The summed E-state index contributed by atoms with van der Waals surface area (Å²) < 4.78 is 13.8. The van der Waals surface area contributed by atoms with Crippen LogP contribution in [0.1, 0.15) is 48.8 Å². The number of hydrogen-bond acceptors (Lipinski definition) is 5. The molecule has 0 bridgehead atoms. The zero-order valence-corrected chi connectivity index (χ0v) is 17.6. The Morgan fingerprint density at radius 1 is 1.06 bits per heavy atom. The number of halogens is 1. The summed E-state index contributed by atoms with van der Waals surface area (Å²) in [6, 6.07) is 11.5. The summed E-state index contributed by atoms with van der Waals surface area (Å²) in [6.45, 7) is 1.60. The molecule has 1 aromatic carbocycles. The Kier molecular flexibility index (Phi) is 5.98. The minimum absolute atomic E-state index is 0.00220. The van der Waals surface area contributed by atoms with Crippen molar-refractivity contribution in [1.82, 2.24) is 26.5 Å². The van der Waals surface area contributed by atoms with Gasteiger partial charge in [-0.25, -0.2) is 9.82 Å². The zero-order chi connectivity index (χ0) is 21.2. The van der Waals surface area contributed by atoms with E-state index in [0.717, 1.165) is 37.8 Å². The quantitative estimate of drug-likeness (QED) is 0.608. The fourth-order valence-electron chi connectivity index (χ4n) is 5.64. The molecular formula is C24H30FN5O. The van der Waals surface area contributed by atoms with Crippen LogP contribution in [0.4, 0.5) is 4.39 Å². The largest absolute Gasteiger partial charge is 0.351 e. The van der Waals surface area contributed by atoms with Gasteiger partial charge >= 0.3 is 0 Å². The highest BCUT2D eigenvalue weighted by Gasteiger charge is 2.43. The molecule has 4 N–H and O–H groups in total. The number of hydrazine groups is 1. The maximum Gasteiger partial charge on any atom is 0.223 e. The minimum Gasteiger partial charge on any atom is -0.351 e. The van der Waals surface area contributed by atoms with Gasteiger partial charge in [-0.05, 0) is 73.5 Å². The minimum atomic E-state index is -0.220. The van der Waals surface area contributed by atoms with Gasteiger partial charge in [0.1, 0.15) is 5.82 Å². The molecule has 3 fully saturated rings. The molecule has 0 radical (unpaired) electrons. The van der Waals surface area contributed by atoms with E-state index in [4.69, 9.17) is 0 Å². The van der Waals surface area contributed by atoms with Crippen molar-refractivity contribution in [2.24, 2.45) is 11.8 Å². The fraction of sp³-hybridized carbons (Fsp3) is 0.500. The van der Waals surface area contributed by atoms with Crippen molar-refractivity contribution >= 4 is 5.91 Å². The van der Waals surface area contributed by atoms with Crippen molar-refractivity contribution in [1.29, 1.82) is 0 Å². The van der Waals surface area contributed by atoms with Crippen LogP contribution in [-0.2, 0) is 4.79 Å². The number of fused-ring (bicyclic) bond motifs is 1. The molecular weight excluding hydrogens is 393 g/mol. The number of nitrogens with one attached hydrogen (secondary N) is 4. The van der Waals surface area contributed by atoms with Gasteiger partial charge in [0.15, 0.2) is 0 Å². The van der Waals surface area contributed by atoms with E-state index in [1.807, 2.05) is 30.6 Å². The second kappa shape index (κ2) is 9.02. The van der Waals surface area contributed by atoms with Crippen molar-refractivity contribution in [3.8, 4) is 0 Å². The number of pyridine rings is 1. The summed E-state index contributed by atoms with van der Waals surface area (Å²) in [7, 11) is 0. The molecule has 1 saturated carbocycles. The lowest BCUT2D eigenvalue weighted by molar-refractivity contribution is -0.127. The van der Waals surface area contributed by atoms with E-state index in [0.29, 0.717) is 18.5 Å². The molecule has 1 amide bonds. The van der Waals surface area contributed by atoms with Crippen LogP contribution in [-0.4, -0.2) is 36.1 Å². The Balaban J connectivity index is 1.26. The average molecular weight is 424 g/mol. The van der Waals surface area contributed by atoms with E-state index in [1.165, 1.54) is 11.6 Å². The monoisotopic (exact) mass is 423 g/mol. The number of rotatable bonds is 4. The van der Waals surface area contributed by atoms with Gasteiger partial charge in [-0.1, -0.05) is 12.1 Å². The maximum absolute atomic E-state index is 13.8. The van der Waals surface area contributed by atoms with Crippen LogP contribution < -0.4 is 21.5 Å². The molecule has 164 valence electrons. The van der Waals surface area contributed by atoms with Crippen LogP contribution in [0.25, 0.3) is 0 Å². The lowest BCUT2D eigenvalue weighted by atomic mass is 9.74. The molecule has 0 spiro atoms. The van der Waals surface area contributed by atoms with Crippen LogP contribution in [0, 0.1) is 17.7 Å². The molecule has 5 rings (SSSR count). The van der Waals surface area contributed by atoms with Crippen LogP contribution in [0.2, 0.25) is 0 Å². The number of piperidine rings is 1. The SMILES string of the molecule is O=C(NC1CNCCC1c1cccc(F)c1)C1CCC2NNC(c3ccncc3)C2C1. The van der Waals surface area contributed by atoms with Crippen molar-refractivity contribution < 1.29 is 9.18 Å². The van der Waals surface area contributed by atoms with Crippen LogP contribution in [0.3, 0.4) is 0 Å². The van der Waals surface area contributed by atoms with Gasteiger partial charge in [0.2, 0.25) is 5.91 Å². The molecule has 6 unspecified atom stereocenters. The number of carbonyl (C=O) groups is 1. The number of amides is 1. The van der Waals surface area contributed by atoms with E-state index in [1.54, 1.807) is 12.1 Å². The van der Waals surface area contributed by atoms with Crippen LogP contribution in [0.15, 0.2) is 48.8 Å². The summed E-state index contributed by atoms with van der Waals surface area (Å²) in [4.78, 5) is 17.4. The van der Waals surface area contributed by atoms with Crippen molar-refractivity contribution in [3.63, 3.8) is 0 Å². The summed E-state index contributed by atoms with van der Waals surface area (Å²) >= 11 is 0. The van der Waals surface area contributed by atoms with Crippen molar-refractivity contribution in [2.75, 3.05) is 13.1 Å². The first-order valence-electron chi connectivity index (χ1n) is 11.4. The standard InChI is InChI=1S/C24H30FN5O/c25-18-3-1-2-16(12-18)19-8-11-27-14-22(19)28-24(31)17-4-5-21-20(13-17)23(30-29-21)15-6-9-26-10-7-15/h1-3,6-7,9-10,12,17,19-23,27,29-30H,4-5,8,11,13-14H2,(H,28,31). The highest BCUT2D eigenvalue weighted by molar-refractivity contribution is 5.79. The molecule has 1 aromatic heterocycles. The molecule has 2 saturated heterocycles. The van der Waals surface area contributed by atoms with E-state index in [2.05, 4.69) is 26.5 Å². The maximum atomic E-state index is 13.8. The molecule has 3 heterocycles. The summed E-state index contributed by atoms with van der Waals surface area (Å²) in [6.07, 6.45) is 7.25.